The van der Waals surface area contributed by atoms with E-state index in [1.54, 1.807) is 13.8 Å². The number of nitrogens with one attached hydrogen (secondary N) is 7. The van der Waals surface area contributed by atoms with Crippen molar-refractivity contribution >= 4 is 53.2 Å². The number of phenols is 1. The maximum atomic E-state index is 13.8. The van der Waals surface area contributed by atoms with Gasteiger partial charge in [0.2, 0.25) is 47.3 Å². The second-order valence-electron chi connectivity index (χ2n) is 15.9. The number of aromatic hydroxyl groups is 1. The third kappa shape index (κ3) is 16.7. The van der Waals surface area contributed by atoms with Gasteiger partial charge < -0.3 is 74.0 Å². The molecule has 15 N–H and O–H groups in total. The average molecular weight is 907 g/mol. The Balaban J connectivity index is 2.26. The van der Waals surface area contributed by atoms with Gasteiger partial charge in [-0.1, -0.05) is 32.4 Å². The highest BCUT2D eigenvalue weighted by Crippen LogP contribution is 2.19. The van der Waals surface area contributed by atoms with Crippen molar-refractivity contribution in [2.45, 2.75) is 134 Å². The molecule has 64 heavy (non-hydrogen) atoms. The molecule has 0 spiro atoms. The number of aliphatic carboxylic acids is 1. The number of rotatable bonds is 26. The number of carboxylic acid groups (broad SMARTS) is 1. The Morgan fingerprint density at radius 1 is 0.703 bits per heavy atom. The van der Waals surface area contributed by atoms with E-state index in [0.29, 0.717) is 44.2 Å². The van der Waals surface area contributed by atoms with Crippen LogP contribution in [0, 0.1) is 5.92 Å². The van der Waals surface area contributed by atoms with Crippen LogP contribution in [0.2, 0.25) is 0 Å². The fourth-order valence-corrected chi connectivity index (χ4v) is 6.62. The third-order valence-electron chi connectivity index (χ3n) is 10.7. The smallest absolute Gasteiger partial charge is 0.328 e. The number of benzene rings is 1. The normalized spacial score (nSPS) is 17.7. The summed E-state index contributed by atoms with van der Waals surface area (Å²) in [6.45, 7) is 6.24. The SMILES string of the molecule is CC[C@H](C)[C@H](NC(=O)[C@H](CO)NC(=O)[C@H](Cc1ccc(O)cc1)NC(=O)[C@H](C)NC(=O)[C@@H]1CCCN1C(=O)[C@H](C)N)C(=O)N[C@@H](CCCCN)C(=O)N[C@@H](C)C(=O)N[C@@H](CO)C(=O)O. The Hall–Kier alpha value is -5.91. The minimum absolute atomic E-state index is 0.0523. The van der Waals surface area contributed by atoms with Gasteiger partial charge in [0.1, 0.15) is 54.1 Å². The molecule has 1 fully saturated rings. The first kappa shape index (κ1) is 54.2. The van der Waals surface area contributed by atoms with Crippen molar-refractivity contribution in [3.8, 4) is 5.75 Å². The van der Waals surface area contributed by atoms with Gasteiger partial charge in [-0.05, 0) is 83.0 Å². The molecule has 1 aromatic rings. The lowest BCUT2D eigenvalue weighted by Crippen LogP contribution is -2.61. The first-order chi connectivity index (χ1) is 30.2. The minimum atomic E-state index is -1.67. The number of hydrogen-bond donors (Lipinski definition) is 13. The molecule has 2 rings (SSSR count). The molecule has 0 aromatic heterocycles. The summed E-state index contributed by atoms with van der Waals surface area (Å²) in [4.78, 5) is 119. The quantitative estimate of drug-likeness (QED) is 0.0394. The Bertz CT molecular complexity index is 1780. The summed E-state index contributed by atoms with van der Waals surface area (Å²) in [6.07, 6.45) is 1.94. The van der Waals surface area contributed by atoms with Gasteiger partial charge in [0.05, 0.1) is 19.3 Å². The number of carbonyl (C=O) groups excluding carboxylic acids is 8. The molecule has 0 saturated carbocycles. The minimum Gasteiger partial charge on any atom is -0.508 e. The lowest BCUT2D eigenvalue weighted by atomic mass is 9.97. The van der Waals surface area contributed by atoms with Crippen LogP contribution in [-0.4, -0.2) is 159 Å². The molecule has 0 unspecified atom stereocenters. The van der Waals surface area contributed by atoms with Crippen LogP contribution in [0.25, 0.3) is 0 Å². The van der Waals surface area contributed by atoms with Gasteiger partial charge in [-0.2, -0.15) is 0 Å². The van der Waals surface area contributed by atoms with Crippen molar-refractivity contribution < 1.29 is 63.6 Å². The number of unbranched alkanes of at least 4 members (excludes halogenated alkanes) is 1. The van der Waals surface area contributed by atoms with E-state index >= 15 is 0 Å². The van der Waals surface area contributed by atoms with Crippen molar-refractivity contribution in [3.05, 3.63) is 29.8 Å². The largest absolute Gasteiger partial charge is 0.508 e. The molecule has 1 aromatic carbocycles. The molecular weight excluding hydrogens is 841 g/mol. The van der Waals surface area contributed by atoms with Crippen molar-refractivity contribution in [1.82, 2.24) is 42.1 Å². The number of aliphatic hydroxyl groups excluding tert-OH is 2. The second kappa shape index (κ2) is 26.7. The summed E-state index contributed by atoms with van der Waals surface area (Å²) in [5, 5.41) is 55.7. The maximum Gasteiger partial charge on any atom is 0.328 e. The molecule has 10 atom stereocenters. The Morgan fingerprint density at radius 2 is 1.23 bits per heavy atom. The lowest BCUT2D eigenvalue weighted by molar-refractivity contribution is -0.143. The number of carboxylic acids is 1. The zero-order valence-electron chi connectivity index (χ0n) is 36.9. The number of carbonyl (C=O) groups is 9. The molecule has 1 heterocycles. The molecule has 0 aliphatic carbocycles. The number of phenolic OH excluding ortho intramolecular Hbond substituents is 1. The van der Waals surface area contributed by atoms with Crippen LogP contribution in [0.3, 0.4) is 0 Å². The third-order valence-corrected chi connectivity index (χ3v) is 10.7. The highest BCUT2D eigenvalue weighted by molar-refractivity contribution is 5.98. The van der Waals surface area contributed by atoms with Gasteiger partial charge in [-0.25, -0.2) is 4.79 Å². The van der Waals surface area contributed by atoms with E-state index in [0.717, 1.165) is 0 Å². The molecule has 1 aliphatic rings. The molecule has 358 valence electrons. The standard InChI is InChI=1S/C41H66N10O13/c1-6-21(2)32(39(61)46-27(10-7-8-16-42)35(57)44-23(4)34(56)49-30(20-53)41(63)64)50-37(59)29(19-52)48-36(58)28(18-25-12-14-26(54)15-13-25)47-33(55)24(5)45-38(60)31-11-9-17-51(31)40(62)22(3)43/h12-15,21-24,27-32,52-54H,6-11,16-20,42-43H2,1-5H3,(H,44,57)(H,45,60)(H,46,61)(H,47,55)(H,48,58)(H,49,56)(H,50,59)(H,63,64)/t21-,22-,23-,24-,27-,28-,29-,30-,31-,32-/m0/s1. The van der Waals surface area contributed by atoms with Gasteiger partial charge in [-0.15, -0.1) is 0 Å². The predicted molar refractivity (Wildman–Crippen MR) is 229 cm³/mol. The summed E-state index contributed by atoms with van der Waals surface area (Å²) in [6, 6.07) is -5.79. The van der Waals surface area contributed by atoms with Gasteiger partial charge in [-0.3, -0.25) is 38.4 Å². The van der Waals surface area contributed by atoms with E-state index in [1.165, 1.54) is 49.9 Å². The number of likely N-dealkylation sites (tertiary alicyclic amines) is 1. The molecule has 1 saturated heterocycles. The fraction of sp³-hybridized carbons (Fsp3) is 0.634. The number of nitrogens with zero attached hydrogens (tertiary/aromatic N) is 1. The second-order valence-corrected chi connectivity index (χ2v) is 15.9. The number of nitrogens with two attached hydrogens (primary N) is 2. The number of hydrogen-bond acceptors (Lipinski definition) is 14. The van der Waals surface area contributed by atoms with Crippen LogP contribution in [0.4, 0.5) is 0 Å². The molecule has 0 bridgehead atoms. The van der Waals surface area contributed by atoms with Crippen LogP contribution in [0.1, 0.15) is 78.7 Å². The highest BCUT2D eigenvalue weighted by atomic mass is 16.4. The Kier molecular flexibility index (Phi) is 22.6. The lowest BCUT2D eigenvalue weighted by Gasteiger charge is -2.29. The average Bonchev–Trinajstić information content (AvgIpc) is 3.75. The summed E-state index contributed by atoms with van der Waals surface area (Å²) in [7, 11) is 0. The number of amides is 8. The Morgan fingerprint density at radius 3 is 1.78 bits per heavy atom. The molecule has 23 nitrogen and oxygen atoms in total. The van der Waals surface area contributed by atoms with Crippen LogP contribution in [0.15, 0.2) is 24.3 Å². The summed E-state index contributed by atoms with van der Waals surface area (Å²) >= 11 is 0. The first-order valence-corrected chi connectivity index (χ1v) is 21.3. The predicted octanol–water partition coefficient (Wildman–Crippen LogP) is -4.05. The van der Waals surface area contributed by atoms with E-state index in [4.69, 9.17) is 16.6 Å². The number of aliphatic hydroxyl groups is 2. The fourth-order valence-electron chi connectivity index (χ4n) is 6.62. The van der Waals surface area contributed by atoms with Crippen molar-refractivity contribution in [3.63, 3.8) is 0 Å². The zero-order chi connectivity index (χ0) is 48.3. The van der Waals surface area contributed by atoms with Gasteiger partial charge in [0, 0.05) is 13.0 Å². The molecule has 23 heteroatoms. The van der Waals surface area contributed by atoms with E-state index in [-0.39, 0.29) is 25.1 Å². The molecule has 8 amide bonds. The summed E-state index contributed by atoms with van der Waals surface area (Å²) in [5.41, 5.74) is 11.8. The zero-order valence-corrected chi connectivity index (χ0v) is 36.9. The van der Waals surface area contributed by atoms with Crippen molar-refractivity contribution in [2.24, 2.45) is 17.4 Å². The Labute approximate surface area is 371 Å². The van der Waals surface area contributed by atoms with Crippen LogP contribution in [-0.2, 0) is 49.6 Å². The van der Waals surface area contributed by atoms with Crippen LogP contribution >= 0.6 is 0 Å². The highest BCUT2D eigenvalue weighted by Gasteiger charge is 2.38. The van der Waals surface area contributed by atoms with Gasteiger partial charge in [0.15, 0.2) is 0 Å². The molecular formula is C41H66N10O13. The topological polar surface area (TPSA) is 374 Å². The monoisotopic (exact) mass is 906 g/mol. The van der Waals surface area contributed by atoms with Crippen LogP contribution in [0.5, 0.6) is 5.75 Å². The van der Waals surface area contributed by atoms with Gasteiger partial charge >= 0.3 is 5.97 Å². The van der Waals surface area contributed by atoms with Crippen molar-refractivity contribution in [2.75, 3.05) is 26.3 Å². The van der Waals surface area contributed by atoms with Gasteiger partial charge in [0.25, 0.3) is 0 Å². The van der Waals surface area contributed by atoms with Crippen LogP contribution < -0.4 is 48.7 Å². The van der Waals surface area contributed by atoms with Crippen molar-refractivity contribution in [1.29, 1.82) is 0 Å². The molecule has 0 radical (unpaired) electrons. The van der Waals surface area contributed by atoms with E-state index < -0.39 is 127 Å². The molecule has 1 aliphatic heterocycles. The maximum absolute atomic E-state index is 13.8. The van der Waals surface area contributed by atoms with E-state index in [9.17, 15) is 58.5 Å². The summed E-state index contributed by atoms with van der Waals surface area (Å²) < 4.78 is 0. The van der Waals surface area contributed by atoms with E-state index in [2.05, 4.69) is 37.2 Å². The first-order valence-electron chi connectivity index (χ1n) is 21.3. The summed E-state index contributed by atoms with van der Waals surface area (Å²) in [5.74, 6) is -8.45. The van der Waals surface area contributed by atoms with E-state index in [1.807, 2.05) is 0 Å².